The predicted octanol–water partition coefficient (Wildman–Crippen LogP) is 5.15. The Balaban J connectivity index is 0.000000201. The summed E-state index contributed by atoms with van der Waals surface area (Å²) in [4.78, 5) is 31.5. The zero-order valence-corrected chi connectivity index (χ0v) is 35.9. The highest BCUT2D eigenvalue weighted by Crippen LogP contribution is 2.57. The summed E-state index contributed by atoms with van der Waals surface area (Å²) in [5.74, 6) is -1.08. The number of amides is 1. The van der Waals surface area contributed by atoms with E-state index >= 15 is 0 Å². The third-order valence-corrected chi connectivity index (χ3v) is 12.7. The number of methoxy groups -OCH3 is 2. The molecule has 0 unspecified atom stereocenters. The van der Waals surface area contributed by atoms with Crippen molar-refractivity contribution >= 4 is 46.5 Å². The second-order valence-electron chi connectivity index (χ2n) is 15.8. The lowest BCUT2D eigenvalue weighted by Gasteiger charge is -2.47. The van der Waals surface area contributed by atoms with Crippen LogP contribution in [0.15, 0.2) is 71.7 Å². The number of nitrogens with zero attached hydrogens (tertiary/aromatic N) is 2. The number of aliphatic hydroxyl groups excluding tert-OH is 2. The largest absolute Gasteiger partial charge is 0.502 e. The van der Waals surface area contributed by atoms with Gasteiger partial charge in [0.05, 0.1) is 50.9 Å². The van der Waals surface area contributed by atoms with Crippen LogP contribution in [0.2, 0.25) is 10.0 Å². The highest BCUT2D eigenvalue weighted by molar-refractivity contribution is 6.32. The monoisotopic (exact) mass is 906 g/mol. The Morgan fingerprint density at radius 3 is 2.21 bits per heavy atom. The summed E-state index contributed by atoms with van der Waals surface area (Å²) < 4.78 is 51.5. The molecule has 0 bridgehead atoms. The van der Waals surface area contributed by atoms with Crippen molar-refractivity contribution in [3.63, 3.8) is 0 Å². The number of phenolic OH excluding ortho intramolecular Hbond substituents is 1. The highest BCUT2D eigenvalue weighted by atomic mass is 35.5. The molecule has 10 atom stereocenters. The maximum atomic E-state index is 13.4. The van der Waals surface area contributed by atoms with Crippen LogP contribution in [0.3, 0.4) is 0 Å². The molecule has 4 aromatic carbocycles. The second kappa shape index (κ2) is 17.4. The van der Waals surface area contributed by atoms with Gasteiger partial charge in [-0.25, -0.2) is 0 Å². The van der Waals surface area contributed by atoms with E-state index in [-0.39, 0.29) is 49.7 Å². The molecular weight excluding hydrogens is 863 g/mol. The highest BCUT2D eigenvalue weighted by Gasteiger charge is 2.56. The fourth-order valence-electron chi connectivity index (χ4n) is 9.05. The Morgan fingerprint density at radius 1 is 0.825 bits per heavy atom. The zero-order valence-electron chi connectivity index (χ0n) is 34.4. The van der Waals surface area contributed by atoms with Gasteiger partial charge < -0.3 is 62.9 Å². The number of aliphatic hydroxyl groups is 2. The smallest absolute Gasteiger partial charge is 0.310 e. The van der Waals surface area contributed by atoms with E-state index in [9.17, 15) is 24.9 Å². The zero-order chi connectivity index (χ0) is 44.3. The lowest BCUT2D eigenvalue weighted by molar-refractivity contribution is -0.364. The van der Waals surface area contributed by atoms with E-state index < -0.39 is 66.8 Å². The Kier molecular flexibility index (Phi) is 11.9. The Bertz CT molecular complexity index is 2420. The normalized spacial score (nSPS) is 29.1. The van der Waals surface area contributed by atoms with Gasteiger partial charge in [0.1, 0.15) is 31.0 Å². The van der Waals surface area contributed by atoms with Crippen LogP contribution in [-0.4, -0.2) is 118 Å². The van der Waals surface area contributed by atoms with Crippen molar-refractivity contribution in [2.45, 2.75) is 55.9 Å². The molecule has 3 fully saturated rings. The van der Waals surface area contributed by atoms with Gasteiger partial charge in [0.2, 0.25) is 18.4 Å². The molecule has 1 aliphatic carbocycles. The summed E-state index contributed by atoms with van der Waals surface area (Å²) in [5.41, 5.74) is 5.32. The number of hydrogen-bond acceptors (Lipinski definition) is 15. The van der Waals surface area contributed by atoms with Gasteiger partial charge in [0.25, 0.3) is 0 Å². The van der Waals surface area contributed by atoms with Crippen LogP contribution in [0.25, 0.3) is 0 Å². The molecule has 5 heterocycles. The van der Waals surface area contributed by atoms with Crippen LogP contribution < -0.4 is 23.8 Å². The number of likely N-dealkylation sites (N-methyl/N-ethyl adjacent to an activating group) is 1. The van der Waals surface area contributed by atoms with Crippen molar-refractivity contribution in [3.05, 3.63) is 105 Å². The summed E-state index contributed by atoms with van der Waals surface area (Å²) in [7, 11) is 4.60. The molecule has 332 valence electrons. The maximum absolute atomic E-state index is 13.4. The fraction of sp³-hybridized carbons (Fsp3) is 0.400. The molecule has 10 rings (SSSR count). The number of hydrogen-bond donors (Lipinski definition) is 3. The van der Waals surface area contributed by atoms with Gasteiger partial charge in [-0.2, -0.15) is 0 Å². The number of fused-ring (bicyclic) bond motifs is 5. The van der Waals surface area contributed by atoms with Crippen molar-refractivity contribution in [1.82, 2.24) is 0 Å². The second-order valence-corrected chi connectivity index (χ2v) is 16.6. The molecule has 5 aliphatic heterocycles. The predicted molar refractivity (Wildman–Crippen MR) is 225 cm³/mol. The summed E-state index contributed by atoms with van der Waals surface area (Å²) in [6, 6.07) is 19.8. The summed E-state index contributed by atoms with van der Waals surface area (Å²) in [6.07, 6.45) is -6.80. The first-order valence-corrected chi connectivity index (χ1v) is 21.0. The summed E-state index contributed by atoms with van der Waals surface area (Å²) in [6.45, 7) is 2.04. The Hall–Kier alpha value is -5.17. The lowest BCUT2D eigenvalue weighted by Crippen LogP contribution is -2.63. The number of esters is 1. The van der Waals surface area contributed by atoms with Crippen LogP contribution in [0.1, 0.15) is 46.8 Å². The minimum absolute atomic E-state index is 0.0301. The molecule has 0 radical (unpaired) electrons. The molecule has 0 aromatic heterocycles. The molecule has 3 N–H and O–H groups in total. The number of carbonyl (C=O) groups is 2. The van der Waals surface area contributed by atoms with E-state index in [4.69, 9.17) is 65.8 Å². The van der Waals surface area contributed by atoms with Gasteiger partial charge in [-0.3, -0.25) is 14.6 Å². The number of ether oxygens (including phenoxy) is 9. The van der Waals surface area contributed by atoms with Crippen LogP contribution in [0, 0.1) is 11.8 Å². The molecule has 3 saturated heterocycles. The van der Waals surface area contributed by atoms with E-state index in [1.165, 1.54) is 14.2 Å². The Morgan fingerprint density at radius 2 is 1.51 bits per heavy atom. The SMILES string of the molecule is CN1C(=O)CN=C(c2ccc(Cl)cc2)c2cc(Cl)ccc21.COc1cc([C@@H]2c3cc4c(cc3[C@@H](O[C@@H]3O[C@@H]5CO[C@@H](C)O[C@H]5[C@H](O)[C@H]3O)[C@H]3COC(=O)[C@H]23)OCO4)cc(OC)c1O. The van der Waals surface area contributed by atoms with Crippen molar-refractivity contribution in [2.24, 2.45) is 16.8 Å². The van der Waals surface area contributed by atoms with Crippen molar-refractivity contribution in [2.75, 3.05) is 52.7 Å². The quantitative estimate of drug-likeness (QED) is 0.215. The van der Waals surface area contributed by atoms with Gasteiger partial charge in [-0.05, 0) is 78.2 Å². The number of cyclic esters (lactones) is 1. The van der Waals surface area contributed by atoms with Crippen LogP contribution in [0.4, 0.5) is 5.69 Å². The number of phenols is 1. The maximum Gasteiger partial charge on any atom is 0.310 e. The molecule has 6 aliphatic rings. The lowest BCUT2D eigenvalue weighted by atomic mass is 9.66. The minimum atomic E-state index is -1.44. The number of aliphatic imine (C=N–C) groups is 1. The van der Waals surface area contributed by atoms with E-state index in [1.54, 1.807) is 61.3 Å². The number of benzodiazepines with no additional fused rings is 1. The van der Waals surface area contributed by atoms with Crippen molar-refractivity contribution < 1.29 is 67.5 Å². The average Bonchev–Trinajstić information content (AvgIpc) is 3.88. The number of carbonyl (C=O) groups excluding carboxylic acids is 2. The first-order chi connectivity index (χ1) is 30.3. The van der Waals surface area contributed by atoms with Crippen LogP contribution >= 0.6 is 23.2 Å². The van der Waals surface area contributed by atoms with Crippen LogP contribution in [0.5, 0.6) is 28.7 Å². The van der Waals surface area contributed by atoms with Gasteiger partial charge in [-0.1, -0.05) is 35.3 Å². The average molecular weight is 908 g/mol. The third kappa shape index (κ3) is 7.92. The molecule has 1 amide bonds. The molecule has 16 nitrogen and oxygen atoms in total. The molecule has 0 spiro atoms. The molecule has 0 saturated carbocycles. The van der Waals surface area contributed by atoms with Crippen molar-refractivity contribution in [1.29, 1.82) is 0 Å². The van der Waals surface area contributed by atoms with E-state index in [0.717, 1.165) is 22.5 Å². The molecular formula is C45H44Cl2N2O14. The standard InChI is InChI=1S/C29H32O13.C16H12Cl2N2O/c1-11-36-9-20-27(40-11)24(31)25(32)29(41-20)42-26-14-7-17-16(38-10-39-17)6-13(14)21(22-15(26)8-37-28(22)33)12-4-18(34-2)23(30)19(5-12)35-3;1-20-14-7-6-12(18)8-13(14)16(19-9-15(20)21)10-2-4-11(17)5-3-10/h4-7,11,15,20-22,24-27,29-32H,8-10H2,1-3H3;2-8H,9H2,1H3/t11-,15+,20-,21-,22+,24-,25-,26-,27-,29+;/m1./s1. The van der Waals surface area contributed by atoms with Gasteiger partial charge >= 0.3 is 5.97 Å². The van der Waals surface area contributed by atoms with Crippen LogP contribution in [-0.2, 0) is 33.3 Å². The van der Waals surface area contributed by atoms with Crippen molar-refractivity contribution in [3.8, 4) is 28.7 Å². The molecule has 18 heteroatoms. The fourth-order valence-corrected chi connectivity index (χ4v) is 9.35. The number of benzene rings is 4. The van der Waals surface area contributed by atoms with Gasteiger partial charge in [0.15, 0.2) is 35.6 Å². The first-order valence-electron chi connectivity index (χ1n) is 20.2. The number of rotatable bonds is 6. The molecule has 63 heavy (non-hydrogen) atoms. The minimum Gasteiger partial charge on any atom is -0.502 e. The van der Waals surface area contributed by atoms with Gasteiger partial charge in [0, 0.05) is 40.1 Å². The van der Waals surface area contributed by atoms with Gasteiger partial charge in [-0.15, -0.1) is 0 Å². The summed E-state index contributed by atoms with van der Waals surface area (Å²) >= 11 is 12.0. The Labute approximate surface area is 371 Å². The number of anilines is 1. The first kappa shape index (κ1) is 43.1. The summed E-state index contributed by atoms with van der Waals surface area (Å²) in [5, 5.41) is 33.8. The molecule has 4 aromatic rings. The topological polar surface area (TPSA) is 193 Å². The number of aromatic hydroxyl groups is 1. The number of halogens is 2. The van der Waals surface area contributed by atoms with E-state index in [0.29, 0.717) is 38.2 Å². The third-order valence-electron chi connectivity index (χ3n) is 12.2. The van der Waals surface area contributed by atoms with E-state index in [2.05, 4.69) is 4.99 Å². The van der Waals surface area contributed by atoms with E-state index in [1.807, 2.05) is 24.3 Å².